The number of nitrogens with zero attached hydrogens (tertiary/aromatic N) is 4. The number of halogens is 3. The fourth-order valence-corrected chi connectivity index (χ4v) is 3.28. The lowest BCUT2D eigenvalue weighted by Gasteiger charge is -2.28. The summed E-state index contributed by atoms with van der Waals surface area (Å²) in [5, 5.41) is 5.58. The molecule has 1 atom stereocenters. The van der Waals surface area contributed by atoms with Crippen LogP contribution in [0.3, 0.4) is 0 Å². The highest BCUT2D eigenvalue weighted by Gasteiger charge is 2.26. The molecule has 8 N–H and O–H groups in total. The van der Waals surface area contributed by atoms with Gasteiger partial charge in [0.2, 0.25) is 11.9 Å². The van der Waals surface area contributed by atoms with Crippen molar-refractivity contribution in [2.45, 2.75) is 32.0 Å². The van der Waals surface area contributed by atoms with Gasteiger partial charge in [-0.2, -0.15) is 0 Å². The van der Waals surface area contributed by atoms with Crippen LogP contribution in [0.4, 0.5) is 13.2 Å². The highest BCUT2D eigenvalue weighted by molar-refractivity contribution is 6.04. The summed E-state index contributed by atoms with van der Waals surface area (Å²) in [5.74, 6) is 6.23. The molecule has 172 valence electrons. The lowest BCUT2D eigenvalue weighted by Crippen LogP contribution is -2.45. The third kappa shape index (κ3) is 5.15. The van der Waals surface area contributed by atoms with Crippen LogP contribution in [0.2, 0.25) is 0 Å². The van der Waals surface area contributed by atoms with Crippen molar-refractivity contribution in [1.29, 1.82) is 0 Å². The molecule has 0 bridgehead atoms. The van der Waals surface area contributed by atoms with Crippen molar-refractivity contribution < 1.29 is 22.8 Å². The van der Waals surface area contributed by atoms with Crippen LogP contribution in [-0.2, 0) is 24.3 Å². The Morgan fingerprint density at radius 2 is 1.91 bits per heavy atom. The molecule has 0 unspecified atom stereocenters. The first kappa shape index (κ1) is 23.0. The van der Waals surface area contributed by atoms with E-state index in [0.717, 1.165) is 6.07 Å². The zero-order chi connectivity index (χ0) is 23.4. The molecule has 0 aliphatic carbocycles. The summed E-state index contributed by atoms with van der Waals surface area (Å²) in [6.45, 7) is 0.863. The standard InChI is InChI=1S/C18H22F3N9O2/c19-11-6-13(21)12(20)4-9(11)3-10(22)5-16(31)30-2-1-29-7-14(25-15(29)8-30)17(32)26-18(27-23)28-24/h4,6-7,10H,1-3,5,8,22-24H2,(H2,26,27,28,32)/t10-/m1/s1. The highest BCUT2D eigenvalue weighted by atomic mass is 19.2. The van der Waals surface area contributed by atoms with Gasteiger partial charge in [-0.25, -0.2) is 24.0 Å². The Balaban J connectivity index is 1.60. The average Bonchev–Trinajstić information content (AvgIpc) is 3.19. The maximum absolute atomic E-state index is 13.8. The Labute approximate surface area is 180 Å². The first-order valence-electron chi connectivity index (χ1n) is 9.50. The molecule has 32 heavy (non-hydrogen) atoms. The average molecular weight is 453 g/mol. The van der Waals surface area contributed by atoms with Gasteiger partial charge in [-0.15, -0.1) is 5.10 Å². The maximum atomic E-state index is 13.8. The highest BCUT2D eigenvalue weighted by Crippen LogP contribution is 2.18. The van der Waals surface area contributed by atoms with Crippen molar-refractivity contribution in [3.05, 3.63) is 52.9 Å². The number of hydrogen-bond acceptors (Lipinski definition) is 7. The molecule has 0 saturated carbocycles. The zero-order valence-electron chi connectivity index (χ0n) is 16.8. The summed E-state index contributed by atoms with van der Waals surface area (Å²) < 4.78 is 42.0. The van der Waals surface area contributed by atoms with Gasteiger partial charge in [0.05, 0.1) is 6.54 Å². The SMILES string of the molecule is N/N=C(\NN)NC(=O)c1cn2c(n1)CN(C(=O)C[C@H](N)Cc1cc(F)c(F)cc1F)CC2. The van der Waals surface area contributed by atoms with Crippen molar-refractivity contribution in [2.24, 2.45) is 22.5 Å². The molecule has 2 amide bonds. The minimum atomic E-state index is -1.29. The predicted octanol–water partition coefficient (Wildman–Crippen LogP) is -0.974. The molecule has 1 aromatic carbocycles. The van der Waals surface area contributed by atoms with E-state index in [2.05, 4.69) is 20.8 Å². The van der Waals surface area contributed by atoms with E-state index in [-0.39, 0.29) is 42.5 Å². The molecule has 2 heterocycles. The van der Waals surface area contributed by atoms with Crippen molar-refractivity contribution >= 4 is 17.8 Å². The van der Waals surface area contributed by atoms with E-state index in [9.17, 15) is 22.8 Å². The molecule has 0 fully saturated rings. The summed E-state index contributed by atoms with van der Waals surface area (Å²) in [6.07, 6.45) is 1.25. The van der Waals surface area contributed by atoms with Crippen molar-refractivity contribution in [3.63, 3.8) is 0 Å². The Kier molecular flexibility index (Phi) is 6.95. The number of nitrogens with two attached hydrogens (primary N) is 3. The Morgan fingerprint density at radius 3 is 2.59 bits per heavy atom. The quantitative estimate of drug-likeness (QED) is 0.127. The van der Waals surface area contributed by atoms with Crippen LogP contribution in [0.15, 0.2) is 23.4 Å². The van der Waals surface area contributed by atoms with Crippen LogP contribution in [0, 0.1) is 17.5 Å². The number of hydrazine groups is 1. The normalized spacial score (nSPS) is 14.7. The Hall–Kier alpha value is -3.65. The molecule has 1 aromatic heterocycles. The third-order valence-corrected chi connectivity index (χ3v) is 4.89. The Morgan fingerprint density at radius 1 is 1.19 bits per heavy atom. The van der Waals surface area contributed by atoms with Crippen LogP contribution >= 0.6 is 0 Å². The van der Waals surface area contributed by atoms with Gasteiger partial charge in [0, 0.05) is 37.8 Å². The summed E-state index contributed by atoms with van der Waals surface area (Å²) in [7, 11) is 0. The van der Waals surface area contributed by atoms with E-state index in [1.165, 1.54) is 11.1 Å². The van der Waals surface area contributed by atoms with E-state index in [1.54, 1.807) is 4.57 Å². The van der Waals surface area contributed by atoms with E-state index in [4.69, 9.17) is 17.4 Å². The minimum absolute atomic E-state index is 0.0798. The van der Waals surface area contributed by atoms with Gasteiger partial charge in [-0.1, -0.05) is 0 Å². The summed E-state index contributed by atoms with van der Waals surface area (Å²) in [4.78, 5) is 30.5. The van der Waals surface area contributed by atoms with E-state index >= 15 is 0 Å². The van der Waals surface area contributed by atoms with Crippen LogP contribution in [0.1, 0.15) is 28.3 Å². The first-order chi connectivity index (χ1) is 15.2. The zero-order valence-corrected chi connectivity index (χ0v) is 16.8. The molecular weight excluding hydrogens is 431 g/mol. The molecule has 14 heteroatoms. The minimum Gasteiger partial charge on any atom is -0.333 e. The van der Waals surface area contributed by atoms with Crippen molar-refractivity contribution in [3.8, 4) is 0 Å². The van der Waals surface area contributed by atoms with Gasteiger partial charge in [0.1, 0.15) is 17.3 Å². The lowest BCUT2D eigenvalue weighted by molar-refractivity contribution is -0.133. The molecule has 3 rings (SSSR count). The second-order valence-electron chi connectivity index (χ2n) is 7.15. The van der Waals surface area contributed by atoms with E-state index < -0.39 is 29.4 Å². The smallest absolute Gasteiger partial charge is 0.278 e. The maximum Gasteiger partial charge on any atom is 0.278 e. The fourth-order valence-electron chi connectivity index (χ4n) is 3.28. The number of benzene rings is 1. The van der Waals surface area contributed by atoms with Crippen LogP contribution in [0.25, 0.3) is 0 Å². The fraction of sp³-hybridized carbons (Fsp3) is 0.333. The van der Waals surface area contributed by atoms with E-state index in [0.29, 0.717) is 25.0 Å². The van der Waals surface area contributed by atoms with Gasteiger partial charge < -0.3 is 21.0 Å². The van der Waals surface area contributed by atoms with Gasteiger partial charge in [-0.05, 0) is 18.1 Å². The van der Waals surface area contributed by atoms with Crippen LogP contribution in [0.5, 0.6) is 0 Å². The molecular formula is C18H22F3N9O2. The number of amides is 2. The van der Waals surface area contributed by atoms with Gasteiger partial charge in [0.25, 0.3) is 5.91 Å². The molecule has 1 aliphatic rings. The van der Waals surface area contributed by atoms with E-state index in [1.807, 2.05) is 0 Å². The first-order valence-corrected chi connectivity index (χ1v) is 9.50. The number of hydrogen-bond donors (Lipinski definition) is 5. The summed E-state index contributed by atoms with van der Waals surface area (Å²) >= 11 is 0. The second-order valence-corrected chi connectivity index (χ2v) is 7.15. The molecule has 0 radical (unpaired) electrons. The number of guanidine groups is 1. The number of fused-ring (bicyclic) bond motifs is 1. The molecule has 0 saturated heterocycles. The number of nitrogens with one attached hydrogen (secondary N) is 2. The number of imidazole rings is 1. The second kappa shape index (κ2) is 9.65. The molecule has 11 nitrogen and oxygen atoms in total. The number of carbonyl (C=O) groups is 2. The monoisotopic (exact) mass is 453 g/mol. The topological polar surface area (TPSA) is 170 Å². The molecule has 1 aliphatic heterocycles. The van der Waals surface area contributed by atoms with Crippen LogP contribution in [-0.4, -0.2) is 44.8 Å². The van der Waals surface area contributed by atoms with Gasteiger partial charge in [0.15, 0.2) is 11.6 Å². The number of carbonyl (C=O) groups excluding carboxylic acids is 2. The number of hydrazone groups is 1. The van der Waals surface area contributed by atoms with Crippen molar-refractivity contribution in [1.82, 2.24) is 25.2 Å². The largest absolute Gasteiger partial charge is 0.333 e. The summed E-state index contributed by atoms with van der Waals surface area (Å²) in [5.41, 5.74) is 8.02. The lowest BCUT2D eigenvalue weighted by atomic mass is 10.0. The predicted molar refractivity (Wildman–Crippen MR) is 107 cm³/mol. The number of rotatable bonds is 5. The third-order valence-electron chi connectivity index (χ3n) is 4.89. The molecule has 0 spiro atoms. The molecule has 2 aromatic rings. The summed E-state index contributed by atoms with van der Waals surface area (Å²) in [6, 6.07) is 0.381. The number of aromatic nitrogens is 2. The van der Waals surface area contributed by atoms with Crippen molar-refractivity contribution in [2.75, 3.05) is 6.54 Å². The van der Waals surface area contributed by atoms with Gasteiger partial charge >= 0.3 is 0 Å². The Bertz CT molecular complexity index is 1060. The van der Waals surface area contributed by atoms with Gasteiger partial charge in [-0.3, -0.25) is 20.3 Å². The van der Waals surface area contributed by atoms with Crippen LogP contribution < -0.4 is 28.2 Å².